The van der Waals surface area contributed by atoms with Crippen molar-refractivity contribution in [1.29, 1.82) is 0 Å². The molecule has 0 spiro atoms. The number of allylic oxidation sites excluding steroid dienone is 1. The lowest BCUT2D eigenvalue weighted by atomic mass is 10.1. The van der Waals surface area contributed by atoms with E-state index in [1.54, 1.807) is 0 Å². The van der Waals surface area contributed by atoms with Crippen LogP contribution < -0.4 is 11.5 Å². The summed E-state index contributed by atoms with van der Waals surface area (Å²) in [6.45, 7) is 3.19. The molecule has 0 aliphatic carbocycles. The minimum Gasteiger partial charge on any atom is -0.489 e. The molecule has 0 aliphatic heterocycles. The molecule has 8 heteroatoms. The number of ether oxygens (including phenoxy) is 1. The summed E-state index contributed by atoms with van der Waals surface area (Å²) in [5.41, 5.74) is 9.90. The number of alkyl halides is 3. The van der Waals surface area contributed by atoms with E-state index in [-0.39, 0.29) is 29.3 Å². The first-order valence-corrected chi connectivity index (χ1v) is 6.34. The SMILES string of the molecule is C=C(/C=C(\C=C/N)OCc1ccccc1C(F)(F)F)/C(N)=N/O. The number of nitrogens with zero attached hydrogens (tertiary/aromatic N) is 1. The lowest BCUT2D eigenvalue weighted by molar-refractivity contribution is -0.138. The van der Waals surface area contributed by atoms with Gasteiger partial charge in [-0.1, -0.05) is 29.9 Å². The van der Waals surface area contributed by atoms with Crippen LogP contribution in [0.5, 0.6) is 0 Å². The molecular formula is C15H16F3N3O2. The van der Waals surface area contributed by atoms with E-state index >= 15 is 0 Å². The zero-order valence-corrected chi connectivity index (χ0v) is 12.0. The molecule has 0 fully saturated rings. The van der Waals surface area contributed by atoms with E-state index in [9.17, 15) is 13.2 Å². The Labute approximate surface area is 131 Å². The number of nitrogens with two attached hydrogens (primary N) is 2. The van der Waals surface area contributed by atoms with Crippen LogP contribution in [0, 0.1) is 0 Å². The van der Waals surface area contributed by atoms with Crippen molar-refractivity contribution in [3.05, 3.63) is 71.7 Å². The Kier molecular flexibility index (Phi) is 6.25. The van der Waals surface area contributed by atoms with E-state index in [4.69, 9.17) is 21.4 Å². The maximum absolute atomic E-state index is 12.9. The molecular weight excluding hydrogens is 311 g/mol. The van der Waals surface area contributed by atoms with Gasteiger partial charge in [-0.3, -0.25) is 0 Å². The quantitative estimate of drug-likeness (QED) is 0.187. The van der Waals surface area contributed by atoms with E-state index in [1.165, 1.54) is 30.4 Å². The maximum Gasteiger partial charge on any atom is 0.416 e. The van der Waals surface area contributed by atoms with Crippen molar-refractivity contribution in [2.75, 3.05) is 0 Å². The fraction of sp³-hybridized carbons (Fsp3) is 0.133. The Morgan fingerprint density at radius 3 is 2.57 bits per heavy atom. The van der Waals surface area contributed by atoms with Crippen LogP contribution >= 0.6 is 0 Å². The van der Waals surface area contributed by atoms with E-state index < -0.39 is 11.7 Å². The van der Waals surface area contributed by atoms with Crippen molar-refractivity contribution >= 4 is 5.84 Å². The Bertz CT molecular complexity index is 650. The predicted octanol–water partition coefficient (Wildman–Crippen LogP) is 2.88. The molecule has 1 aromatic rings. The van der Waals surface area contributed by atoms with Crippen molar-refractivity contribution in [2.24, 2.45) is 16.6 Å². The van der Waals surface area contributed by atoms with Crippen LogP contribution in [0.15, 0.2) is 65.7 Å². The highest BCUT2D eigenvalue weighted by Crippen LogP contribution is 2.32. The zero-order chi connectivity index (χ0) is 17.5. The third kappa shape index (κ3) is 5.42. The van der Waals surface area contributed by atoms with Gasteiger partial charge in [0.25, 0.3) is 0 Å². The average molecular weight is 327 g/mol. The van der Waals surface area contributed by atoms with Crippen molar-refractivity contribution in [2.45, 2.75) is 12.8 Å². The Morgan fingerprint density at radius 1 is 1.35 bits per heavy atom. The molecule has 23 heavy (non-hydrogen) atoms. The van der Waals surface area contributed by atoms with Gasteiger partial charge in [-0.05, 0) is 24.4 Å². The second-order valence-electron chi connectivity index (χ2n) is 4.36. The standard InChI is InChI=1S/C15H16F3N3O2/c1-10(14(20)21-22)8-12(6-7-19)23-9-11-4-2-3-5-13(11)15(16,17)18/h2-8,22H,1,9,19H2,(H2,20,21)/b7-6-,12-8+. The highest BCUT2D eigenvalue weighted by molar-refractivity contribution is 5.98. The molecule has 0 unspecified atom stereocenters. The molecule has 5 N–H and O–H groups in total. The van der Waals surface area contributed by atoms with Crippen LogP contribution in [0.4, 0.5) is 13.2 Å². The molecule has 0 saturated heterocycles. The van der Waals surface area contributed by atoms with Crippen LogP contribution in [0.3, 0.4) is 0 Å². The lowest BCUT2D eigenvalue weighted by Gasteiger charge is -2.14. The number of hydrogen-bond acceptors (Lipinski definition) is 4. The summed E-state index contributed by atoms with van der Waals surface area (Å²) in [5.74, 6) is -0.145. The minimum absolute atomic E-state index is 0.0364. The number of amidine groups is 1. The second kappa shape index (κ2) is 7.92. The Morgan fingerprint density at radius 2 is 2.00 bits per heavy atom. The number of hydrogen-bond donors (Lipinski definition) is 3. The number of rotatable bonds is 6. The highest BCUT2D eigenvalue weighted by atomic mass is 19.4. The monoisotopic (exact) mass is 327 g/mol. The summed E-state index contributed by atoms with van der Waals surface area (Å²) >= 11 is 0. The van der Waals surface area contributed by atoms with E-state index in [1.807, 2.05) is 0 Å². The number of benzene rings is 1. The average Bonchev–Trinajstić information content (AvgIpc) is 2.51. The molecule has 5 nitrogen and oxygen atoms in total. The van der Waals surface area contributed by atoms with Crippen molar-refractivity contribution in [3.63, 3.8) is 0 Å². The first-order valence-electron chi connectivity index (χ1n) is 6.34. The Hall–Kier alpha value is -2.90. The van der Waals surface area contributed by atoms with Crippen molar-refractivity contribution in [1.82, 2.24) is 0 Å². The van der Waals surface area contributed by atoms with Crippen LogP contribution in [0.2, 0.25) is 0 Å². The number of oxime groups is 1. The van der Waals surface area contributed by atoms with Crippen molar-refractivity contribution in [3.8, 4) is 0 Å². The van der Waals surface area contributed by atoms with Gasteiger partial charge in [0.05, 0.1) is 5.56 Å². The van der Waals surface area contributed by atoms with Gasteiger partial charge >= 0.3 is 6.18 Å². The summed E-state index contributed by atoms with van der Waals surface area (Å²) in [6, 6.07) is 5.05. The van der Waals surface area contributed by atoms with E-state index in [0.29, 0.717) is 0 Å². The summed E-state index contributed by atoms with van der Waals surface area (Å²) in [4.78, 5) is 0. The summed E-state index contributed by atoms with van der Waals surface area (Å²) < 4.78 is 44.0. The van der Waals surface area contributed by atoms with Gasteiger partial charge in [0.15, 0.2) is 5.84 Å². The molecule has 1 rings (SSSR count). The van der Waals surface area contributed by atoms with Crippen LogP contribution in [-0.2, 0) is 17.5 Å². The number of halogens is 3. The Balaban J connectivity index is 2.98. The van der Waals surface area contributed by atoms with Crippen LogP contribution in [0.25, 0.3) is 0 Å². The third-order valence-corrected chi connectivity index (χ3v) is 2.73. The van der Waals surface area contributed by atoms with E-state index in [2.05, 4.69) is 11.7 Å². The van der Waals surface area contributed by atoms with Gasteiger partial charge in [0, 0.05) is 11.1 Å². The zero-order valence-electron chi connectivity index (χ0n) is 12.0. The van der Waals surface area contributed by atoms with Gasteiger partial charge in [-0.25, -0.2) is 0 Å². The largest absolute Gasteiger partial charge is 0.489 e. The normalized spacial score (nSPS) is 13.3. The van der Waals surface area contributed by atoms with Crippen molar-refractivity contribution < 1.29 is 23.1 Å². The molecule has 0 saturated carbocycles. The maximum atomic E-state index is 12.9. The minimum atomic E-state index is -4.48. The second-order valence-corrected chi connectivity index (χ2v) is 4.36. The van der Waals surface area contributed by atoms with Gasteiger partial charge in [0.1, 0.15) is 12.4 Å². The first kappa shape index (κ1) is 18.1. The molecule has 0 aromatic heterocycles. The highest BCUT2D eigenvalue weighted by Gasteiger charge is 2.32. The molecule has 0 heterocycles. The predicted molar refractivity (Wildman–Crippen MR) is 80.2 cm³/mol. The van der Waals surface area contributed by atoms with Crippen LogP contribution in [-0.4, -0.2) is 11.0 Å². The summed E-state index contributed by atoms with van der Waals surface area (Å²) in [6.07, 6.45) is -0.743. The lowest BCUT2D eigenvalue weighted by Crippen LogP contribution is -2.13. The van der Waals surface area contributed by atoms with E-state index in [0.717, 1.165) is 12.3 Å². The molecule has 0 bridgehead atoms. The van der Waals surface area contributed by atoms with Gasteiger partial charge in [0.2, 0.25) is 0 Å². The van der Waals surface area contributed by atoms with Gasteiger partial charge < -0.3 is 21.4 Å². The summed E-state index contributed by atoms with van der Waals surface area (Å²) in [7, 11) is 0. The fourth-order valence-electron chi connectivity index (χ4n) is 1.63. The topological polar surface area (TPSA) is 93.9 Å². The fourth-order valence-corrected chi connectivity index (χ4v) is 1.63. The molecule has 1 aromatic carbocycles. The molecule has 0 radical (unpaired) electrons. The van der Waals surface area contributed by atoms with Gasteiger partial charge in [-0.15, -0.1) is 0 Å². The van der Waals surface area contributed by atoms with Crippen LogP contribution in [0.1, 0.15) is 11.1 Å². The molecule has 0 aliphatic rings. The third-order valence-electron chi connectivity index (χ3n) is 2.73. The summed E-state index contributed by atoms with van der Waals surface area (Å²) in [5, 5.41) is 11.3. The smallest absolute Gasteiger partial charge is 0.416 e. The molecule has 0 amide bonds. The molecule has 124 valence electrons. The van der Waals surface area contributed by atoms with Gasteiger partial charge in [-0.2, -0.15) is 13.2 Å². The first-order chi connectivity index (χ1) is 10.8. The molecule has 0 atom stereocenters.